The van der Waals surface area contributed by atoms with Crippen LogP contribution in [0, 0.1) is 5.92 Å². The molecule has 1 atom stereocenters. The fourth-order valence-corrected chi connectivity index (χ4v) is 4.49. The zero-order valence-electron chi connectivity index (χ0n) is 21.9. The van der Waals surface area contributed by atoms with Crippen LogP contribution in [0.3, 0.4) is 0 Å². The molecule has 0 radical (unpaired) electrons. The molecule has 2 aromatic rings. The zero-order valence-corrected chi connectivity index (χ0v) is 21.9. The van der Waals surface area contributed by atoms with E-state index in [0.29, 0.717) is 66.0 Å². The number of likely N-dealkylation sites (tertiary alicyclic amines) is 1. The van der Waals surface area contributed by atoms with Crippen LogP contribution in [-0.2, 0) is 14.3 Å². The van der Waals surface area contributed by atoms with E-state index in [0.717, 1.165) is 6.42 Å². The third-order valence-electron chi connectivity index (χ3n) is 6.38. The summed E-state index contributed by atoms with van der Waals surface area (Å²) in [5.41, 5.74) is 1.01. The Morgan fingerprint density at radius 2 is 1.82 bits per heavy atom. The Balaban J connectivity index is 1.42. The van der Waals surface area contributed by atoms with Crippen molar-refractivity contribution in [1.82, 2.24) is 4.90 Å². The summed E-state index contributed by atoms with van der Waals surface area (Å²) in [5, 5.41) is 0. The molecule has 38 heavy (non-hydrogen) atoms. The summed E-state index contributed by atoms with van der Waals surface area (Å²) in [6, 6.07) is 8.22. The molecule has 1 unspecified atom stereocenters. The second-order valence-electron chi connectivity index (χ2n) is 8.78. The van der Waals surface area contributed by atoms with Crippen LogP contribution >= 0.6 is 0 Å². The number of ether oxygens (including phenoxy) is 6. The van der Waals surface area contributed by atoms with Crippen molar-refractivity contribution < 1.29 is 42.8 Å². The van der Waals surface area contributed by atoms with E-state index in [1.165, 1.54) is 21.3 Å². The molecule has 2 aliphatic heterocycles. The number of rotatable bonds is 9. The van der Waals surface area contributed by atoms with Gasteiger partial charge in [0.2, 0.25) is 11.5 Å². The summed E-state index contributed by atoms with van der Waals surface area (Å²) >= 11 is 0. The molecule has 0 N–H and O–H groups in total. The van der Waals surface area contributed by atoms with Gasteiger partial charge in [-0.2, -0.15) is 0 Å². The van der Waals surface area contributed by atoms with E-state index in [9.17, 15) is 14.4 Å². The van der Waals surface area contributed by atoms with Gasteiger partial charge in [0.25, 0.3) is 5.91 Å². The van der Waals surface area contributed by atoms with Gasteiger partial charge in [0.05, 0.1) is 39.4 Å². The van der Waals surface area contributed by atoms with Gasteiger partial charge in [-0.15, -0.1) is 0 Å². The minimum Gasteiger partial charge on any atom is -0.493 e. The van der Waals surface area contributed by atoms with Gasteiger partial charge in [-0.05, 0) is 55.7 Å². The van der Waals surface area contributed by atoms with Crippen molar-refractivity contribution in [2.24, 2.45) is 5.92 Å². The Morgan fingerprint density at radius 1 is 1.08 bits per heavy atom. The number of esters is 1. The van der Waals surface area contributed by atoms with Gasteiger partial charge in [-0.1, -0.05) is 0 Å². The first-order chi connectivity index (χ1) is 18.4. The quantitative estimate of drug-likeness (QED) is 0.359. The van der Waals surface area contributed by atoms with E-state index in [1.54, 1.807) is 48.2 Å². The number of allylic oxidation sites excluding steroid dienone is 1. The van der Waals surface area contributed by atoms with Crippen molar-refractivity contribution in [2.45, 2.75) is 19.8 Å². The standard InChI is InChI=1S/C28H31NO9/c1-5-36-28(32)18-7-6-10-29(15-18)25(30)16-37-19-8-9-20-21(14-19)38-22(26(20)31)11-17-12-23(33-2)27(35-4)24(13-17)34-3/h8-9,11-14,18H,5-7,10,15-16H2,1-4H3. The van der Waals surface area contributed by atoms with E-state index in [1.807, 2.05) is 0 Å². The Bertz CT molecular complexity index is 1230. The lowest BCUT2D eigenvalue weighted by atomic mass is 9.98. The molecule has 0 spiro atoms. The number of Topliss-reactive ketones (excluding diaryl/α,β-unsaturated/α-hetero) is 1. The van der Waals surface area contributed by atoms with Crippen LogP contribution in [-0.4, -0.2) is 70.2 Å². The molecule has 2 aromatic carbocycles. The minimum absolute atomic E-state index is 0.126. The first-order valence-electron chi connectivity index (χ1n) is 12.3. The Morgan fingerprint density at radius 3 is 2.47 bits per heavy atom. The number of nitrogens with zero attached hydrogens (tertiary/aromatic N) is 1. The number of hydrogen-bond donors (Lipinski definition) is 0. The summed E-state index contributed by atoms with van der Waals surface area (Å²) in [6.07, 6.45) is 3.02. The van der Waals surface area contributed by atoms with Crippen LogP contribution in [0.15, 0.2) is 36.1 Å². The number of methoxy groups -OCH3 is 3. The fourth-order valence-electron chi connectivity index (χ4n) is 4.49. The largest absolute Gasteiger partial charge is 0.493 e. The van der Waals surface area contributed by atoms with E-state index in [2.05, 4.69) is 0 Å². The number of benzene rings is 2. The highest BCUT2D eigenvalue weighted by Crippen LogP contribution is 2.40. The average molecular weight is 526 g/mol. The van der Waals surface area contributed by atoms with Crippen LogP contribution in [0.25, 0.3) is 6.08 Å². The third-order valence-corrected chi connectivity index (χ3v) is 6.38. The maximum atomic E-state index is 12.9. The number of fused-ring (bicyclic) bond motifs is 1. The number of amides is 1. The summed E-state index contributed by atoms with van der Waals surface area (Å²) in [6.45, 7) is 2.76. The lowest BCUT2D eigenvalue weighted by Gasteiger charge is -2.31. The smallest absolute Gasteiger partial charge is 0.310 e. The Kier molecular flexibility index (Phi) is 8.40. The maximum absolute atomic E-state index is 12.9. The molecule has 1 saturated heterocycles. The lowest BCUT2D eigenvalue weighted by Crippen LogP contribution is -2.44. The zero-order chi connectivity index (χ0) is 27.2. The van der Waals surface area contributed by atoms with E-state index < -0.39 is 0 Å². The fraction of sp³-hybridized carbons (Fsp3) is 0.393. The number of carbonyl (C=O) groups excluding carboxylic acids is 3. The lowest BCUT2D eigenvalue weighted by molar-refractivity contribution is -0.151. The van der Waals surface area contributed by atoms with E-state index in [-0.39, 0.29) is 35.9 Å². The predicted octanol–water partition coefficient (Wildman–Crippen LogP) is 3.51. The van der Waals surface area contributed by atoms with Crippen LogP contribution < -0.4 is 23.7 Å². The number of carbonyl (C=O) groups is 3. The second-order valence-corrected chi connectivity index (χ2v) is 8.78. The molecule has 0 bridgehead atoms. The summed E-state index contributed by atoms with van der Waals surface area (Å²) in [5.74, 6) is 1.08. The molecular formula is C28H31NO9. The summed E-state index contributed by atoms with van der Waals surface area (Å²) in [4.78, 5) is 39.3. The number of piperidine rings is 1. The molecule has 2 heterocycles. The monoisotopic (exact) mass is 525 g/mol. The molecule has 202 valence electrons. The molecule has 0 aliphatic carbocycles. The third kappa shape index (κ3) is 5.69. The van der Waals surface area contributed by atoms with Crippen LogP contribution in [0.1, 0.15) is 35.7 Å². The second kappa shape index (κ2) is 11.9. The molecular weight excluding hydrogens is 494 g/mol. The van der Waals surface area contributed by atoms with Gasteiger partial charge in [-0.3, -0.25) is 14.4 Å². The van der Waals surface area contributed by atoms with Crippen LogP contribution in [0.4, 0.5) is 0 Å². The normalized spacial score (nSPS) is 17.5. The van der Waals surface area contributed by atoms with Gasteiger partial charge in [0.1, 0.15) is 11.5 Å². The SMILES string of the molecule is CCOC(=O)C1CCCN(C(=O)COc2ccc3c(c2)OC(=Cc2cc(OC)c(OC)c(OC)c2)C3=O)C1. The van der Waals surface area contributed by atoms with Crippen molar-refractivity contribution in [1.29, 1.82) is 0 Å². The highest BCUT2D eigenvalue weighted by molar-refractivity contribution is 6.14. The highest BCUT2D eigenvalue weighted by atomic mass is 16.5. The topological polar surface area (TPSA) is 110 Å². The first kappa shape index (κ1) is 26.8. The first-order valence-corrected chi connectivity index (χ1v) is 12.3. The van der Waals surface area contributed by atoms with E-state index >= 15 is 0 Å². The molecule has 10 heteroatoms. The van der Waals surface area contributed by atoms with Gasteiger partial charge < -0.3 is 33.3 Å². The van der Waals surface area contributed by atoms with Gasteiger partial charge in [0, 0.05) is 19.2 Å². The molecule has 1 fully saturated rings. The van der Waals surface area contributed by atoms with Crippen molar-refractivity contribution in [2.75, 3.05) is 47.6 Å². The Hall–Kier alpha value is -4.21. The van der Waals surface area contributed by atoms with Gasteiger partial charge >= 0.3 is 5.97 Å². The van der Waals surface area contributed by atoms with Crippen molar-refractivity contribution in [3.63, 3.8) is 0 Å². The summed E-state index contributed by atoms with van der Waals surface area (Å²) < 4.78 is 32.7. The summed E-state index contributed by atoms with van der Waals surface area (Å²) in [7, 11) is 4.54. The maximum Gasteiger partial charge on any atom is 0.310 e. The molecule has 1 amide bonds. The number of ketones is 1. The molecule has 2 aliphatic rings. The average Bonchev–Trinajstić information content (AvgIpc) is 3.25. The predicted molar refractivity (Wildman–Crippen MR) is 137 cm³/mol. The number of hydrogen-bond acceptors (Lipinski definition) is 9. The van der Waals surface area contributed by atoms with Crippen LogP contribution in [0.5, 0.6) is 28.7 Å². The van der Waals surface area contributed by atoms with E-state index in [4.69, 9.17) is 28.4 Å². The molecule has 0 aromatic heterocycles. The molecule has 0 saturated carbocycles. The molecule has 10 nitrogen and oxygen atoms in total. The van der Waals surface area contributed by atoms with Crippen molar-refractivity contribution in [3.8, 4) is 28.7 Å². The highest BCUT2D eigenvalue weighted by Gasteiger charge is 2.30. The Labute approximate surface area is 221 Å². The van der Waals surface area contributed by atoms with Crippen molar-refractivity contribution >= 4 is 23.7 Å². The molecule has 4 rings (SSSR count). The van der Waals surface area contributed by atoms with Crippen molar-refractivity contribution in [3.05, 3.63) is 47.2 Å². The van der Waals surface area contributed by atoms with Gasteiger partial charge in [0.15, 0.2) is 23.9 Å². The van der Waals surface area contributed by atoms with Gasteiger partial charge in [-0.25, -0.2) is 0 Å². The van der Waals surface area contributed by atoms with Crippen LogP contribution in [0.2, 0.25) is 0 Å². The minimum atomic E-state index is -0.317.